The highest BCUT2D eigenvalue weighted by atomic mass is 35.5. The molecule has 1 saturated heterocycles. The second-order valence-electron chi connectivity index (χ2n) is 8.21. The Bertz CT molecular complexity index is 1550. The van der Waals surface area contributed by atoms with Crippen molar-refractivity contribution in [1.29, 1.82) is 0 Å². The van der Waals surface area contributed by atoms with E-state index in [0.29, 0.717) is 53.9 Å². The number of amidine groups is 1. The van der Waals surface area contributed by atoms with E-state index in [0.717, 1.165) is 11.1 Å². The van der Waals surface area contributed by atoms with Crippen molar-refractivity contribution in [3.05, 3.63) is 127 Å². The molecule has 0 atom stereocenters. The number of rotatable bonds is 6. The summed E-state index contributed by atoms with van der Waals surface area (Å²) in [6.07, 6.45) is 1.78. The van der Waals surface area contributed by atoms with Gasteiger partial charge in [-0.05, 0) is 102 Å². The molecule has 1 fully saturated rings. The van der Waals surface area contributed by atoms with E-state index in [1.165, 1.54) is 11.8 Å². The topological polar surface area (TPSA) is 41.9 Å². The van der Waals surface area contributed by atoms with Crippen LogP contribution in [0, 0.1) is 0 Å². The van der Waals surface area contributed by atoms with Crippen molar-refractivity contribution < 1.29 is 9.53 Å². The molecule has 1 aliphatic heterocycles. The third-order valence-electron chi connectivity index (χ3n) is 5.48. The van der Waals surface area contributed by atoms with E-state index >= 15 is 0 Å². The summed E-state index contributed by atoms with van der Waals surface area (Å²) in [6, 6.07) is 27.0. The molecular weight excluding hydrogens is 582 g/mol. The van der Waals surface area contributed by atoms with E-state index in [-0.39, 0.29) is 5.91 Å². The normalized spacial score (nSPS) is 15.5. The number of aliphatic imine (C=N–C) groups is 1. The Morgan fingerprint density at radius 1 is 0.816 bits per heavy atom. The number of hydrogen-bond acceptors (Lipinski definition) is 4. The van der Waals surface area contributed by atoms with Crippen LogP contribution in [0.25, 0.3) is 6.08 Å². The maximum atomic E-state index is 13.5. The van der Waals surface area contributed by atoms with Gasteiger partial charge in [-0.3, -0.25) is 9.69 Å². The van der Waals surface area contributed by atoms with E-state index in [2.05, 4.69) is 0 Å². The summed E-state index contributed by atoms with van der Waals surface area (Å²) in [5.41, 5.74) is 3.02. The zero-order valence-electron chi connectivity index (χ0n) is 19.6. The van der Waals surface area contributed by atoms with Crippen molar-refractivity contribution >= 4 is 86.7 Å². The van der Waals surface area contributed by atoms with Crippen LogP contribution in [0.1, 0.15) is 11.1 Å². The number of amides is 1. The lowest BCUT2D eigenvalue weighted by Gasteiger charge is -2.15. The maximum Gasteiger partial charge on any atom is 0.271 e. The maximum absolute atomic E-state index is 13.5. The van der Waals surface area contributed by atoms with Crippen LogP contribution in [0.2, 0.25) is 20.1 Å². The monoisotopic (exact) mass is 598 g/mol. The van der Waals surface area contributed by atoms with Gasteiger partial charge in [-0.1, -0.05) is 64.6 Å². The van der Waals surface area contributed by atoms with Gasteiger partial charge in [0.2, 0.25) is 0 Å². The number of carbonyl (C=O) groups excluding carboxylic acids is 1. The van der Waals surface area contributed by atoms with Crippen molar-refractivity contribution in [1.82, 2.24) is 0 Å². The second-order valence-corrected chi connectivity index (χ2v) is 10.9. The molecule has 9 heteroatoms. The summed E-state index contributed by atoms with van der Waals surface area (Å²) in [4.78, 5) is 20.3. The molecule has 1 amide bonds. The van der Waals surface area contributed by atoms with Crippen molar-refractivity contribution in [2.24, 2.45) is 4.99 Å². The lowest BCUT2D eigenvalue weighted by atomic mass is 10.2. The molecule has 0 radical (unpaired) electrons. The fraction of sp³-hybridized carbons (Fsp3) is 0.0345. The van der Waals surface area contributed by atoms with Gasteiger partial charge in [0.25, 0.3) is 5.91 Å². The van der Waals surface area contributed by atoms with Crippen LogP contribution in [0.4, 0.5) is 11.4 Å². The highest BCUT2D eigenvalue weighted by Crippen LogP contribution is 2.38. The van der Waals surface area contributed by atoms with Crippen molar-refractivity contribution in [3.8, 4) is 5.75 Å². The average Bonchev–Trinajstić information content (AvgIpc) is 3.19. The first kappa shape index (κ1) is 26.7. The lowest BCUT2D eigenvalue weighted by molar-refractivity contribution is -0.113. The van der Waals surface area contributed by atoms with Gasteiger partial charge in [0.05, 0.1) is 21.3 Å². The minimum atomic E-state index is -0.206. The van der Waals surface area contributed by atoms with E-state index in [1.807, 2.05) is 30.3 Å². The van der Waals surface area contributed by atoms with Crippen LogP contribution in [0.5, 0.6) is 5.75 Å². The van der Waals surface area contributed by atoms with Crippen LogP contribution in [0.15, 0.2) is 101 Å². The summed E-state index contributed by atoms with van der Waals surface area (Å²) in [7, 11) is 0. The quantitative estimate of drug-likeness (QED) is 0.207. The van der Waals surface area contributed by atoms with Gasteiger partial charge < -0.3 is 4.74 Å². The smallest absolute Gasteiger partial charge is 0.271 e. The van der Waals surface area contributed by atoms with Gasteiger partial charge in [-0.15, -0.1) is 0 Å². The third-order valence-corrected chi connectivity index (χ3v) is 7.48. The zero-order chi connectivity index (χ0) is 26.6. The standard InChI is InChI=1S/C29H18Cl4N2O2S/c30-20-5-9-23(10-6-20)34-29-35(24-11-7-21(31)8-12-24)28(36)27(38-29)16-18-4-13-26(25(33)15-18)37-17-19-2-1-3-22(32)14-19/h1-16H,17H2/b27-16-,34-29?. The number of benzene rings is 4. The molecule has 4 aromatic rings. The highest BCUT2D eigenvalue weighted by Gasteiger charge is 2.34. The van der Waals surface area contributed by atoms with Crippen LogP contribution >= 0.6 is 58.2 Å². The molecule has 0 unspecified atom stereocenters. The number of ether oxygens (including phenoxy) is 1. The van der Waals surface area contributed by atoms with E-state index in [1.54, 1.807) is 71.6 Å². The van der Waals surface area contributed by atoms with Crippen LogP contribution in [-0.4, -0.2) is 11.1 Å². The number of carbonyl (C=O) groups is 1. The fourth-order valence-electron chi connectivity index (χ4n) is 3.66. The Morgan fingerprint density at radius 2 is 1.53 bits per heavy atom. The Hall–Kier alpha value is -2.93. The molecular formula is C29H18Cl4N2O2S. The Labute approximate surface area is 244 Å². The van der Waals surface area contributed by atoms with Crippen molar-refractivity contribution in [3.63, 3.8) is 0 Å². The predicted molar refractivity (Wildman–Crippen MR) is 160 cm³/mol. The van der Waals surface area contributed by atoms with Gasteiger partial charge in [-0.25, -0.2) is 4.99 Å². The zero-order valence-corrected chi connectivity index (χ0v) is 23.4. The number of hydrogen-bond donors (Lipinski definition) is 0. The van der Waals surface area contributed by atoms with Crippen molar-refractivity contribution in [2.45, 2.75) is 6.61 Å². The molecule has 0 aliphatic carbocycles. The van der Waals surface area contributed by atoms with Crippen LogP contribution in [0.3, 0.4) is 0 Å². The van der Waals surface area contributed by atoms with E-state index in [9.17, 15) is 4.79 Å². The summed E-state index contributed by atoms with van der Waals surface area (Å²) in [6.45, 7) is 0.329. The molecule has 1 heterocycles. The molecule has 0 bridgehead atoms. The van der Waals surface area contributed by atoms with Gasteiger partial charge in [0.15, 0.2) is 5.17 Å². The molecule has 190 valence electrons. The lowest BCUT2D eigenvalue weighted by Crippen LogP contribution is -2.28. The Balaban J connectivity index is 1.41. The van der Waals surface area contributed by atoms with Gasteiger partial charge in [0.1, 0.15) is 12.4 Å². The SMILES string of the molecule is O=C1/C(=C/c2ccc(OCc3cccc(Cl)c3)c(Cl)c2)SC(=Nc2ccc(Cl)cc2)N1c1ccc(Cl)cc1. The van der Waals surface area contributed by atoms with Gasteiger partial charge in [0, 0.05) is 15.1 Å². The first-order chi connectivity index (χ1) is 18.4. The molecule has 4 aromatic carbocycles. The summed E-state index contributed by atoms with van der Waals surface area (Å²) in [5.74, 6) is 0.328. The second kappa shape index (κ2) is 11.9. The molecule has 5 rings (SSSR count). The Kier molecular flexibility index (Phi) is 8.32. The molecule has 0 spiro atoms. The van der Waals surface area contributed by atoms with Gasteiger partial charge >= 0.3 is 0 Å². The number of anilines is 1. The summed E-state index contributed by atoms with van der Waals surface area (Å²) < 4.78 is 5.87. The minimum Gasteiger partial charge on any atom is -0.487 e. The first-order valence-corrected chi connectivity index (χ1v) is 13.7. The van der Waals surface area contributed by atoms with E-state index < -0.39 is 0 Å². The first-order valence-electron chi connectivity index (χ1n) is 11.4. The highest BCUT2D eigenvalue weighted by molar-refractivity contribution is 8.19. The number of halogens is 4. The fourth-order valence-corrected chi connectivity index (χ4v) is 5.37. The van der Waals surface area contributed by atoms with Crippen LogP contribution in [-0.2, 0) is 11.4 Å². The molecule has 1 aliphatic rings. The number of nitrogens with zero attached hydrogens (tertiary/aromatic N) is 2. The van der Waals surface area contributed by atoms with Crippen LogP contribution < -0.4 is 9.64 Å². The molecule has 4 nitrogen and oxygen atoms in total. The molecule has 38 heavy (non-hydrogen) atoms. The summed E-state index contributed by atoms with van der Waals surface area (Å²) >= 11 is 25.9. The van der Waals surface area contributed by atoms with E-state index in [4.69, 9.17) is 56.1 Å². The third kappa shape index (κ3) is 6.37. The predicted octanol–water partition coefficient (Wildman–Crippen LogP) is 9.69. The van der Waals surface area contributed by atoms with Crippen molar-refractivity contribution in [2.75, 3.05) is 4.90 Å². The van der Waals surface area contributed by atoms with Gasteiger partial charge in [-0.2, -0.15) is 0 Å². The Morgan fingerprint density at radius 3 is 2.21 bits per heavy atom. The molecule has 0 saturated carbocycles. The number of thioether (sulfide) groups is 1. The molecule has 0 N–H and O–H groups in total. The minimum absolute atomic E-state index is 0.206. The average molecular weight is 600 g/mol. The summed E-state index contributed by atoms with van der Waals surface area (Å²) in [5, 5.41) is 2.77. The molecule has 0 aromatic heterocycles. The largest absolute Gasteiger partial charge is 0.487 e.